The molecule has 2 N–H and O–H groups in total. The highest BCUT2D eigenvalue weighted by atomic mass is 19.1. The molecule has 0 fully saturated rings. The van der Waals surface area contributed by atoms with Crippen molar-refractivity contribution in [3.05, 3.63) is 95.6 Å². The minimum Gasteiger partial charge on any atom is -0.335 e. The minimum absolute atomic E-state index is 0.0860. The number of carbonyl (C=O) groups excluding carboxylic acids is 1. The van der Waals surface area contributed by atoms with E-state index in [1.165, 1.54) is 24.3 Å². The van der Waals surface area contributed by atoms with Crippen LogP contribution >= 0.6 is 0 Å². The van der Waals surface area contributed by atoms with Crippen LogP contribution in [-0.2, 0) is 0 Å². The van der Waals surface area contributed by atoms with E-state index >= 15 is 0 Å². The number of amides is 2. The maximum atomic E-state index is 13.4. The second-order valence-electron chi connectivity index (χ2n) is 6.93. The van der Waals surface area contributed by atoms with E-state index < -0.39 is 0 Å². The molecule has 0 aliphatic carbocycles. The number of urea groups is 1. The van der Waals surface area contributed by atoms with Gasteiger partial charge in [0.05, 0.1) is 11.4 Å². The number of rotatable bonds is 6. The maximum absolute atomic E-state index is 13.4. The standard InChI is InChI=1S/C24H23F2N3O/c1-3-16(2)27-24(30)29-22-14-12-21(13-15-22)28-23(17-4-8-19(25)9-5-17)18-6-10-20(26)11-7-18/h4-16H,3H2,1-2H3,(H2,27,29,30). The number of nitrogens with zero attached hydrogens (tertiary/aromatic N) is 1. The number of aliphatic imine (C=N–C) groups is 1. The highest BCUT2D eigenvalue weighted by Gasteiger charge is 2.09. The Labute approximate surface area is 174 Å². The molecule has 0 radical (unpaired) electrons. The summed E-state index contributed by atoms with van der Waals surface area (Å²) in [5.41, 5.74) is 3.29. The van der Waals surface area contributed by atoms with Crippen LogP contribution in [0.4, 0.5) is 25.0 Å². The zero-order valence-electron chi connectivity index (χ0n) is 16.8. The first-order valence-electron chi connectivity index (χ1n) is 9.72. The van der Waals surface area contributed by atoms with Crippen molar-refractivity contribution in [2.75, 3.05) is 5.32 Å². The molecule has 0 heterocycles. The van der Waals surface area contributed by atoms with Crippen LogP contribution in [0.1, 0.15) is 31.4 Å². The van der Waals surface area contributed by atoms with Crippen molar-refractivity contribution in [3.8, 4) is 0 Å². The Kier molecular flexibility index (Phi) is 6.91. The Morgan fingerprint density at radius 2 is 1.37 bits per heavy atom. The second kappa shape index (κ2) is 9.78. The number of halogens is 2. The van der Waals surface area contributed by atoms with Crippen molar-refractivity contribution in [2.45, 2.75) is 26.3 Å². The van der Waals surface area contributed by atoms with Gasteiger partial charge in [-0.05, 0) is 86.1 Å². The Morgan fingerprint density at radius 1 is 0.867 bits per heavy atom. The minimum atomic E-state index is -0.344. The van der Waals surface area contributed by atoms with Crippen LogP contribution in [0.5, 0.6) is 0 Å². The van der Waals surface area contributed by atoms with E-state index in [2.05, 4.69) is 15.6 Å². The number of hydrogen-bond donors (Lipinski definition) is 2. The Bertz CT molecular complexity index is 966. The highest BCUT2D eigenvalue weighted by Crippen LogP contribution is 2.21. The fraction of sp³-hybridized carbons (Fsp3) is 0.167. The van der Waals surface area contributed by atoms with Gasteiger partial charge in [0.1, 0.15) is 11.6 Å². The molecule has 30 heavy (non-hydrogen) atoms. The average Bonchev–Trinajstić information content (AvgIpc) is 2.74. The normalized spacial score (nSPS) is 11.5. The molecule has 1 unspecified atom stereocenters. The Balaban J connectivity index is 1.86. The van der Waals surface area contributed by atoms with Crippen molar-refractivity contribution in [3.63, 3.8) is 0 Å². The van der Waals surface area contributed by atoms with E-state index in [0.717, 1.165) is 6.42 Å². The molecule has 0 aromatic heterocycles. The third kappa shape index (κ3) is 5.73. The van der Waals surface area contributed by atoms with Gasteiger partial charge in [-0.15, -0.1) is 0 Å². The Morgan fingerprint density at radius 3 is 1.83 bits per heavy atom. The summed E-state index contributed by atoms with van der Waals surface area (Å²) in [5.74, 6) is -0.688. The molecule has 1 atom stereocenters. The van der Waals surface area contributed by atoms with Gasteiger partial charge < -0.3 is 10.6 Å². The summed E-state index contributed by atoms with van der Waals surface area (Å²) in [6.45, 7) is 3.93. The largest absolute Gasteiger partial charge is 0.335 e. The molecule has 4 nitrogen and oxygen atoms in total. The van der Waals surface area contributed by atoms with Gasteiger partial charge >= 0.3 is 6.03 Å². The molecule has 0 aliphatic rings. The van der Waals surface area contributed by atoms with Gasteiger partial charge in [0.15, 0.2) is 0 Å². The lowest BCUT2D eigenvalue weighted by atomic mass is 10.0. The molecule has 0 spiro atoms. The van der Waals surface area contributed by atoms with E-state index in [1.54, 1.807) is 48.5 Å². The molecule has 0 saturated carbocycles. The number of nitrogens with one attached hydrogen (secondary N) is 2. The lowest BCUT2D eigenvalue weighted by molar-refractivity contribution is 0.249. The quantitative estimate of drug-likeness (QED) is 0.480. The Hall–Kier alpha value is -3.54. The summed E-state index contributed by atoms with van der Waals surface area (Å²) in [6, 6.07) is 18.8. The third-order valence-corrected chi connectivity index (χ3v) is 4.59. The molecule has 6 heteroatoms. The van der Waals surface area contributed by atoms with Crippen LogP contribution in [0.3, 0.4) is 0 Å². The fourth-order valence-electron chi connectivity index (χ4n) is 2.75. The summed E-state index contributed by atoms with van der Waals surface area (Å²) in [5, 5.41) is 5.62. The molecule has 154 valence electrons. The van der Waals surface area contributed by atoms with Gasteiger partial charge in [0.2, 0.25) is 0 Å². The molecule has 0 bridgehead atoms. The number of carbonyl (C=O) groups is 1. The zero-order chi connectivity index (χ0) is 21.5. The van der Waals surface area contributed by atoms with Crippen LogP contribution in [-0.4, -0.2) is 17.8 Å². The van der Waals surface area contributed by atoms with E-state index in [0.29, 0.717) is 28.2 Å². The number of benzene rings is 3. The van der Waals surface area contributed by atoms with Crippen molar-refractivity contribution in [2.24, 2.45) is 4.99 Å². The first-order valence-corrected chi connectivity index (χ1v) is 9.72. The monoisotopic (exact) mass is 407 g/mol. The summed E-state index contributed by atoms with van der Waals surface area (Å²) >= 11 is 0. The van der Waals surface area contributed by atoms with Crippen LogP contribution < -0.4 is 10.6 Å². The molecule has 3 aromatic rings. The maximum Gasteiger partial charge on any atom is 0.319 e. The van der Waals surface area contributed by atoms with Crippen LogP contribution in [0.25, 0.3) is 0 Å². The SMILES string of the molecule is CCC(C)NC(=O)Nc1ccc(N=C(c2ccc(F)cc2)c2ccc(F)cc2)cc1. The van der Waals surface area contributed by atoms with Crippen LogP contribution in [0.2, 0.25) is 0 Å². The van der Waals surface area contributed by atoms with E-state index in [4.69, 9.17) is 0 Å². The summed E-state index contributed by atoms with van der Waals surface area (Å²) in [7, 11) is 0. The van der Waals surface area contributed by atoms with Gasteiger partial charge in [-0.3, -0.25) is 0 Å². The first kappa shape index (κ1) is 21.2. The lowest BCUT2D eigenvalue weighted by Crippen LogP contribution is -2.35. The van der Waals surface area contributed by atoms with E-state index in [1.807, 2.05) is 13.8 Å². The third-order valence-electron chi connectivity index (χ3n) is 4.59. The average molecular weight is 407 g/mol. The molecule has 2 amide bonds. The molecule has 0 aliphatic heterocycles. The molecule has 3 aromatic carbocycles. The van der Waals surface area contributed by atoms with Crippen molar-refractivity contribution in [1.82, 2.24) is 5.32 Å². The summed E-state index contributed by atoms with van der Waals surface area (Å²) in [6.07, 6.45) is 0.844. The van der Waals surface area contributed by atoms with Gasteiger partial charge in [-0.25, -0.2) is 18.6 Å². The molecule has 3 rings (SSSR count). The van der Waals surface area contributed by atoms with Crippen LogP contribution in [0, 0.1) is 11.6 Å². The summed E-state index contributed by atoms with van der Waals surface area (Å²) in [4.78, 5) is 16.6. The fourth-order valence-corrected chi connectivity index (χ4v) is 2.75. The summed E-state index contributed by atoms with van der Waals surface area (Å²) < 4.78 is 26.7. The van der Waals surface area contributed by atoms with E-state index in [9.17, 15) is 13.6 Å². The highest BCUT2D eigenvalue weighted by molar-refractivity contribution is 6.14. The smallest absolute Gasteiger partial charge is 0.319 e. The first-order chi connectivity index (χ1) is 14.4. The topological polar surface area (TPSA) is 53.5 Å². The van der Waals surface area contributed by atoms with Crippen molar-refractivity contribution in [1.29, 1.82) is 0 Å². The van der Waals surface area contributed by atoms with Gasteiger partial charge in [-0.1, -0.05) is 6.92 Å². The predicted molar refractivity (Wildman–Crippen MR) is 116 cm³/mol. The van der Waals surface area contributed by atoms with Gasteiger partial charge in [0.25, 0.3) is 0 Å². The molecular weight excluding hydrogens is 384 g/mol. The predicted octanol–water partition coefficient (Wildman–Crippen LogP) is 6.05. The van der Waals surface area contributed by atoms with Crippen molar-refractivity contribution >= 4 is 23.1 Å². The molecular formula is C24H23F2N3O. The van der Waals surface area contributed by atoms with Gasteiger partial charge in [-0.2, -0.15) is 0 Å². The number of hydrogen-bond acceptors (Lipinski definition) is 2. The lowest BCUT2D eigenvalue weighted by Gasteiger charge is -2.12. The van der Waals surface area contributed by atoms with Crippen LogP contribution in [0.15, 0.2) is 77.8 Å². The van der Waals surface area contributed by atoms with Gasteiger partial charge in [0, 0.05) is 22.9 Å². The second-order valence-corrected chi connectivity index (χ2v) is 6.93. The van der Waals surface area contributed by atoms with Crippen molar-refractivity contribution < 1.29 is 13.6 Å². The number of anilines is 1. The van der Waals surface area contributed by atoms with E-state index in [-0.39, 0.29) is 23.7 Å². The zero-order valence-corrected chi connectivity index (χ0v) is 16.8. The molecule has 0 saturated heterocycles.